The summed E-state index contributed by atoms with van der Waals surface area (Å²) in [6.07, 6.45) is 9.19. The molecule has 0 aromatic carbocycles. The standard InChI is InChI=1S/C16H31NO/c1-13(17-4)11-15(2,3)14-7-10-18-16(12-14)8-5-6-9-16/h13-14,17H,5-12H2,1-4H3. The van der Waals surface area contributed by atoms with Gasteiger partial charge in [0.1, 0.15) is 0 Å². The minimum Gasteiger partial charge on any atom is -0.375 e. The van der Waals surface area contributed by atoms with Crippen LogP contribution in [0.25, 0.3) is 0 Å². The fourth-order valence-corrected chi connectivity index (χ4v) is 4.12. The minimum absolute atomic E-state index is 0.267. The average Bonchev–Trinajstić information content (AvgIpc) is 2.76. The second-order valence-electron chi connectivity index (χ2n) is 7.31. The van der Waals surface area contributed by atoms with Gasteiger partial charge in [0.05, 0.1) is 5.60 Å². The van der Waals surface area contributed by atoms with Gasteiger partial charge < -0.3 is 10.1 Å². The van der Waals surface area contributed by atoms with Crippen molar-refractivity contribution in [3.8, 4) is 0 Å². The zero-order valence-electron chi connectivity index (χ0n) is 12.7. The van der Waals surface area contributed by atoms with Gasteiger partial charge in [-0.05, 0) is 57.4 Å². The highest BCUT2D eigenvalue weighted by molar-refractivity contribution is 4.95. The largest absolute Gasteiger partial charge is 0.375 e. The summed E-state index contributed by atoms with van der Waals surface area (Å²) in [6.45, 7) is 8.20. The molecule has 1 N–H and O–H groups in total. The van der Waals surface area contributed by atoms with Crippen molar-refractivity contribution in [2.24, 2.45) is 11.3 Å². The Hall–Kier alpha value is -0.0800. The van der Waals surface area contributed by atoms with Crippen LogP contribution in [-0.2, 0) is 4.74 Å². The summed E-state index contributed by atoms with van der Waals surface area (Å²) >= 11 is 0. The summed E-state index contributed by atoms with van der Waals surface area (Å²) in [5.74, 6) is 0.833. The summed E-state index contributed by atoms with van der Waals surface area (Å²) < 4.78 is 6.17. The highest BCUT2D eigenvalue weighted by Crippen LogP contribution is 2.48. The fourth-order valence-electron chi connectivity index (χ4n) is 4.12. The molecule has 18 heavy (non-hydrogen) atoms. The summed E-state index contributed by atoms with van der Waals surface area (Å²) in [5, 5.41) is 3.39. The zero-order valence-corrected chi connectivity index (χ0v) is 12.7. The van der Waals surface area contributed by atoms with E-state index in [0.29, 0.717) is 11.5 Å². The molecule has 2 fully saturated rings. The Morgan fingerprint density at radius 1 is 1.33 bits per heavy atom. The molecule has 1 aliphatic heterocycles. The first-order valence-corrected chi connectivity index (χ1v) is 7.79. The molecule has 2 aliphatic rings. The molecule has 0 amide bonds. The molecule has 2 atom stereocenters. The second kappa shape index (κ2) is 5.50. The Morgan fingerprint density at radius 3 is 2.61 bits per heavy atom. The van der Waals surface area contributed by atoms with Crippen molar-refractivity contribution < 1.29 is 4.74 Å². The lowest BCUT2D eigenvalue weighted by atomic mass is 9.67. The van der Waals surface area contributed by atoms with Crippen molar-refractivity contribution >= 4 is 0 Å². The molecule has 1 spiro atoms. The van der Waals surface area contributed by atoms with Crippen LogP contribution in [0.2, 0.25) is 0 Å². The molecule has 106 valence electrons. The quantitative estimate of drug-likeness (QED) is 0.824. The van der Waals surface area contributed by atoms with E-state index in [-0.39, 0.29) is 5.60 Å². The maximum Gasteiger partial charge on any atom is 0.0685 e. The van der Waals surface area contributed by atoms with E-state index in [1.165, 1.54) is 44.9 Å². The number of hydrogen-bond donors (Lipinski definition) is 1. The second-order valence-corrected chi connectivity index (χ2v) is 7.31. The summed E-state index contributed by atoms with van der Waals surface area (Å²) in [5.41, 5.74) is 0.699. The molecule has 2 unspecified atom stereocenters. The SMILES string of the molecule is CNC(C)CC(C)(C)C1CCOC2(CCCC2)C1. The molecule has 2 heteroatoms. The summed E-state index contributed by atoms with van der Waals surface area (Å²) in [7, 11) is 2.07. The predicted octanol–water partition coefficient (Wildman–Crippen LogP) is 3.75. The van der Waals surface area contributed by atoms with Crippen LogP contribution in [-0.4, -0.2) is 25.3 Å². The highest BCUT2D eigenvalue weighted by atomic mass is 16.5. The van der Waals surface area contributed by atoms with Crippen molar-refractivity contribution in [1.82, 2.24) is 5.32 Å². The van der Waals surface area contributed by atoms with Crippen LogP contribution in [0.3, 0.4) is 0 Å². The first-order chi connectivity index (χ1) is 8.47. The van der Waals surface area contributed by atoms with Gasteiger partial charge >= 0.3 is 0 Å². The molecule has 0 aromatic heterocycles. The Morgan fingerprint density at radius 2 is 2.00 bits per heavy atom. The summed E-state index contributed by atoms with van der Waals surface area (Å²) in [6, 6.07) is 0.613. The van der Waals surface area contributed by atoms with E-state index in [4.69, 9.17) is 4.74 Å². The van der Waals surface area contributed by atoms with Crippen LogP contribution in [0, 0.1) is 11.3 Å². The normalized spacial score (nSPS) is 29.7. The molecule has 0 bridgehead atoms. The van der Waals surface area contributed by atoms with E-state index in [1.54, 1.807) is 0 Å². The molecule has 1 aliphatic carbocycles. The summed E-state index contributed by atoms with van der Waals surface area (Å²) in [4.78, 5) is 0. The van der Waals surface area contributed by atoms with E-state index in [0.717, 1.165) is 12.5 Å². The zero-order chi connectivity index (χ0) is 13.2. The van der Waals surface area contributed by atoms with Crippen molar-refractivity contribution in [3.63, 3.8) is 0 Å². The van der Waals surface area contributed by atoms with E-state index >= 15 is 0 Å². The average molecular weight is 253 g/mol. The molecule has 1 saturated carbocycles. The Bertz CT molecular complexity index is 268. The monoisotopic (exact) mass is 253 g/mol. The lowest BCUT2D eigenvalue weighted by molar-refractivity contribution is -0.113. The van der Waals surface area contributed by atoms with Crippen molar-refractivity contribution in [3.05, 3.63) is 0 Å². The minimum atomic E-state index is 0.267. The maximum atomic E-state index is 6.17. The van der Waals surface area contributed by atoms with Crippen molar-refractivity contribution in [1.29, 1.82) is 0 Å². The molecule has 0 radical (unpaired) electrons. The van der Waals surface area contributed by atoms with Gasteiger partial charge in [-0.3, -0.25) is 0 Å². The van der Waals surface area contributed by atoms with E-state index in [2.05, 4.69) is 33.1 Å². The van der Waals surface area contributed by atoms with E-state index in [9.17, 15) is 0 Å². The van der Waals surface area contributed by atoms with Gasteiger partial charge in [0.25, 0.3) is 0 Å². The first-order valence-electron chi connectivity index (χ1n) is 7.79. The molecule has 2 nitrogen and oxygen atoms in total. The number of nitrogens with one attached hydrogen (secondary N) is 1. The molecular formula is C16H31NO. The first kappa shape index (κ1) is 14.3. The van der Waals surface area contributed by atoms with Crippen LogP contribution in [0.15, 0.2) is 0 Å². The van der Waals surface area contributed by atoms with Gasteiger partial charge in [-0.25, -0.2) is 0 Å². The van der Waals surface area contributed by atoms with Crippen LogP contribution in [0.4, 0.5) is 0 Å². The van der Waals surface area contributed by atoms with Crippen LogP contribution in [0.1, 0.15) is 65.7 Å². The Labute approximate surface area is 113 Å². The van der Waals surface area contributed by atoms with Gasteiger partial charge in [0.15, 0.2) is 0 Å². The molecule has 1 heterocycles. The third-order valence-corrected chi connectivity index (χ3v) is 5.44. The molecular weight excluding hydrogens is 222 g/mol. The molecule has 2 rings (SSSR count). The maximum absolute atomic E-state index is 6.17. The van der Waals surface area contributed by atoms with Gasteiger partial charge in [-0.1, -0.05) is 26.7 Å². The number of hydrogen-bond acceptors (Lipinski definition) is 2. The molecule has 0 aromatic rings. The predicted molar refractivity (Wildman–Crippen MR) is 76.8 cm³/mol. The highest BCUT2D eigenvalue weighted by Gasteiger charge is 2.44. The van der Waals surface area contributed by atoms with E-state index in [1.807, 2.05) is 0 Å². The smallest absolute Gasteiger partial charge is 0.0685 e. The fraction of sp³-hybridized carbons (Fsp3) is 1.00. The number of rotatable bonds is 4. The third kappa shape index (κ3) is 3.08. The van der Waals surface area contributed by atoms with Crippen molar-refractivity contribution in [2.45, 2.75) is 77.4 Å². The Kier molecular flexibility index (Phi) is 4.38. The third-order valence-electron chi connectivity index (χ3n) is 5.44. The lowest BCUT2D eigenvalue weighted by Crippen LogP contribution is -2.43. The van der Waals surface area contributed by atoms with Gasteiger partial charge in [-0.15, -0.1) is 0 Å². The lowest BCUT2D eigenvalue weighted by Gasteiger charge is -2.45. The number of ether oxygens (including phenoxy) is 1. The van der Waals surface area contributed by atoms with E-state index < -0.39 is 0 Å². The Balaban J connectivity index is 1.99. The van der Waals surface area contributed by atoms with Crippen molar-refractivity contribution in [2.75, 3.05) is 13.7 Å². The van der Waals surface area contributed by atoms with Gasteiger partial charge in [-0.2, -0.15) is 0 Å². The van der Waals surface area contributed by atoms with Gasteiger partial charge in [0.2, 0.25) is 0 Å². The van der Waals surface area contributed by atoms with Crippen LogP contribution >= 0.6 is 0 Å². The molecule has 1 saturated heterocycles. The van der Waals surface area contributed by atoms with Crippen LogP contribution < -0.4 is 5.32 Å². The van der Waals surface area contributed by atoms with Crippen LogP contribution in [0.5, 0.6) is 0 Å². The topological polar surface area (TPSA) is 21.3 Å². The van der Waals surface area contributed by atoms with Gasteiger partial charge in [0, 0.05) is 12.6 Å².